The zero-order chi connectivity index (χ0) is 22.3. The number of thioether (sulfide) groups is 2. The number of ether oxygens (including phenoxy) is 1. The first kappa shape index (κ1) is 21.8. The van der Waals surface area contributed by atoms with Crippen molar-refractivity contribution in [1.29, 1.82) is 5.26 Å². The van der Waals surface area contributed by atoms with Gasteiger partial charge in [0.05, 0.1) is 41.4 Å². The highest BCUT2D eigenvalue weighted by molar-refractivity contribution is 8.00. The van der Waals surface area contributed by atoms with Crippen LogP contribution >= 0.6 is 23.5 Å². The molecule has 0 saturated carbocycles. The first-order valence-electron chi connectivity index (χ1n) is 9.83. The molecule has 1 N–H and O–H groups in total. The summed E-state index contributed by atoms with van der Waals surface area (Å²) in [6.07, 6.45) is 0. The molecule has 32 heavy (non-hydrogen) atoms. The van der Waals surface area contributed by atoms with Gasteiger partial charge < -0.3 is 10.1 Å². The van der Waals surface area contributed by atoms with Crippen LogP contribution in [0.1, 0.15) is 0 Å². The lowest BCUT2D eigenvalue weighted by molar-refractivity contribution is -0.113. The molecule has 4 rings (SSSR count). The van der Waals surface area contributed by atoms with Crippen molar-refractivity contribution in [3.8, 4) is 17.5 Å². The molecule has 0 saturated heterocycles. The highest BCUT2D eigenvalue weighted by atomic mass is 32.2. The number of hydrogen-bond donors (Lipinski definition) is 1. The summed E-state index contributed by atoms with van der Waals surface area (Å²) in [4.78, 5) is 18.3. The first-order valence-corrected chi connectivity index (χ1v) is 11.8. The highest BCUT2D eigenvalue weighted by Gasteiger charge is 2.15. The van der Waals surface area contributed by atoms with E-state index in [1.54, 1.807) is 7.11 Å². The van der Waals surface area contributed by atoms with E-state index in [1.807, 2.05) is 77.4 Å². The van der Waals surface area contributed by atoms with E-state index in [4.69, 9.17) is 15.0 Å². The van der Waals surface area contributed by atoms with Gasteiger partial charge in [0.1, 0.15) is 5.75 Å². The maximum atomic E-state index is 12.7. The normalized spacial score (nSPS) is 10.6. The number of para-hydroxylation sites is 3. The van der Waals surface area contributed by atoms with E-state index in [9.17, 15) is 4.79 Å². The molecule has 0 fully saturated rings. The monoisotopic (exact) mass is 460 g/mol. The number of carbonyl (C=O) groups is 1. The molecule has 0 radical (unpaired) electrons. The summed E-state index contributed by atoms with van der Waals surface area (Å²) >= 11 is 2.78. The van der Waals surface area contributed by atoms with E-state index < -0.39 is 0 Å². The van der Waals surface area contributed by atoms with E-state index in [2.05, 4.69) is 11.4 Å². The Morgan fingerprint density at radius 2 is 1.81 bits per heavy atom. The molecular weight excluding hydrogens is 440 g/mol. The van der Waals surface area contributed by atoms with E-state index in [1.165, 1.54) is 23.5 Å². The molecule has 3 aromatic carbocycles. The van der Waals surface area contributed by atoms with E-state index in [0.717, 1.165) is 32.5 Å². The third kappa shape index (κ3) is 4.90. The molecule has 0 aliphatic rings. The Kier molecular flexibility index (Phi) is 7.00. The van der Waals surface area contributed by atoms with Crippen LogP contribution in [-0.2, 0) is 4.79 Å². The van der Waals surface area contributed by atoms with Gasteiger partial charge in [-0.15, -0.1) is 11.8 Å². The van der Waals surface area contributed by atoms with Crippen LogP contribution in [0.25, 0.3) is 16.7 Å². The summed E-state index contributed by atoms with van der Waals surface area (Å²) in [5, 5.41) is 12.5. The maximum Gasteiger partial charge on any atom is 0.234 e. The molecule has 1 amide bonds. The summed E-state index contributed by atoms with van der Waals surface area (Å²) in [6.45, 7) is 0. The Hall–Kier alpha value is -3.41. The molecule has 0 atom stereocenters. The van der Waals surface area contributed by atoms with Crippen LogP contribution in [0.3, 0.4) is 0 Å². The topological polar surface area (TPSA) is 79.9 Å². The number of imidazole rings is 1. The second kappa shape index (κ2) is 10.3. The largest absolute Gasteiger partial charge is 0.497 e. The molecule has 0 unspecified atom stereocenters. The summed E-state index contributed by atoms with van der Waals surface area (Å²) in [7, 11) is 1.64. The molecule has 160 valence electrons. The van der Waals surface area contributed by atoms with Crippen molar-refractivity contribution in [2.45, 2.75) is 10.1 Å². The van der Waals surface area contributed by atoms with E-state index in [-0.39, 0.29) is 11.7 Å². The number of hydrogen-bond acceptors (Lipinski definition) is 6. The molecule has 0 spiro atoms. The molecule has 1 heterocycles. The Morgan fingerprint density at radius 1 is 1.06 bits per heavy atom. The van der Waals surface area contributed by atoms with Gasteiger partial charge in [-0.25, -0.2) is 4.98 Å². The second-order valence-corrected chi connectivity index (χ2v) is 8.66. The van der Waals surface area contributed by atoms with Crippen LogP contribution in [-0.4, -0.2) is 34.1 Å². The number of nitrogens with zero attached hydrogens (tertiary/aromatic N) is 3. The van der Waals surface area contributed by atoms with Crippen molar-refractivity contribution in [2.24, 2.45) is 0 Å². The Morgan fingerprint density at radius 3 is 2.59 bits per heavy atom. The predicted molar refractivity (Wildman–Crippen MR) is 130 cm³/mol. The Bertz CT molecular complexity index is 1280. The van der Waals surface area contributed by atoms with Gasteiger partial charge in [0.15, 0.2) is 5.16 Å². The predicted octanol–water partition coefficient (Wildman–Crippen LogP) is 5.38. The van der Waals surface area contributed by atoms with Gasteiger partial charge in [-0.3, -0.25) is 9.36 Å². The number of methoxy groups -OCH3 is 1. The molecule has 4 aromatic rings. The molecule has 0 aliphatic carbocycles. The molecule has 6 nitrogen and oxygen atoms in total. The first-order chi connectivity index (χ1) is 15.7. The van der Waals surface area contributed by atoms with E-state index in [0.29, 0.717) is 11.4 Å². The molecule has 0 bridgehead atoms. The van der Waals surface area contributed by atoms with Crippen LogP contribution in [0.5, 0.6) is 5.75 Å². The number of anilines is 1. The fraction of sp³-hybridized carbons (Fsp3) is 0.125. The third-order valence-corrected chi connectivity index (χ3v) is 6.53. The van der Waals surface area contributed by atoms with Gasteiger partial charge in [0.25, 0.3) is 0 Å². The maximum absolute atomic E-state index is 12.7. The average Bonchev–Trinajstić information content (AvgIpc) is 3.20. The lowest BCUT2D eigenvalue weighted by Crippen LogP contribution is -2.15. The number of nitriles is 1. The van der Waals surface area contributed by atoms with Crippen molar-refractivity contribution in [3.05, 3.63) is 72.8 Å². The number of fused-ring (bicyclic) bond motifs is 1. The van der Waals surface area contributed by atoms with Crippen LogP contribution in [0.2, 0.25) is 0 Å². The fourth-order valence-electron chi connectivity index (χ4n) is 3.20. The van der Waals surface area contributed by atoms with E-state index >= 15 is 0 Å². The Labute approximate surface area is 194 Å². The summed E-state index contributed by atoms with van der Waals surface area (Å²) in [5.74, 6) is 1.18. The minimum absolute atomic E-state index is 0.131. The number of amides is 1. The quantitative estimate of drug-likeness (QED) is 0.356. The SMILES string of the molecule is COc1ccc(-n2c(SCC(=O)Nc3ccccc3SCC#N)nc3ccccc32)cc1. The average molecular weight is 461 g/mol. The van der Waals surface area contributed by atoms with Gasteiger partial charge in [0.2, 0.25) is 5.91 Å². The van der Waals surface area contributed by atoms with Crippen molar-refractivity contribution >= 4 is 46.2 Å². The second-order valence-electron chi connectivity index (χ2n) is 6.70. The smallest absolute Gasteiger partial charge is 0.234 e. The number of carbonyl (C=O) groups excluding carboxylic acids is 1. The minimum Gasteiger partial charge on any atom is -0.497 e. The van der Waals surface area contributed by atoms with Crippen molar-refractivity contribution in [1.82, 2.24) is 9.55 Å². The number of nitrogens with one attached hydrogen (secondary N) is 1. The molecular formula is C24H20N4O2S2. The van der Waals surface area contributed by atoms with Gasteiger partial charge >= 0.3 is 0 Å². The number of benzene rings is 3. The van der Waals surface area contributed by atoms with Crippen LogP contribution in [0.4, 0.5) is 5.69 Å². The lowest BCUT2D eigenvalue weighted by Gasteiger charge is -2.11. The standard InChI is InChI=1S/C24H20N4O2S2/c1-30-18-12-10-17(11-13-18)28-21-8-4-2-6-19(21)27-24(28)32-16-23(29)26-20-7-3-5-9-22(20)31-15-14-25/h2-13H,15-16H2,1H3,(H,26,29). The highest BCUT2D eigenvalue weighted by Crippen LogP contribution is 2.30. The van der Waals surface area contributed by atoms with Crippen LogP contribution < -0.4 is 10.1 Å². The Balaban J connectivity index is 1.55. The van der Waals surface area contributed by atoms with Gasteiger partial charge in [-0.2, -0.15) is 5.26 Å². The third-order valence-electron chi connectivity index (χ3n) is 4.65. The zero-order valence-corrected chi connectivity index (χ0v) is 19.0. The van der Waals surface area contributed by atoms with Crippen LogP contribution in [0.15, 0.2) is 82.8 Å². The minimum atomic E-state index is -0.131. The molecule has 8 heteroatoms. The summed E-state index contributed by atoms with van der Waals surface area (Å²) < 4.78 is 7.32. The van der Waals surface area contributed by atoms with Crippen molar-refractivity contribution < 1.29 is 9.53 Å². The van der Waals surface area contributed by atoms with Gasteiger partial charge in [0, 0.05) is 10.6 Å². The molecule has 1 aromatic heterocycles. The number of rotatable bonds is 8. The summed E-state index contributed by atoms with van der Waals surface area (Å²) in [5.41, 5.74) is 3.49. The van der Waals surface area contributed by atoms with Crippen molar-refractivity contribution in [3.63, 3.8) is 0 Å². The van der Waals surface area contributed by atoms with Crippen LogP contribution in [0, 0.1) is 11.3 Å². The molecule has 0 aliphatic heterocycles. The lowest BCUT2D eigenvalue weighted by atomic mass is 10.2. The summed E-state index contributed by atoms with van der Waals surface area (Å²) in [6, 6.07) is 25.3. The number of aromatic nitrogens is 2. The van der Waals surface area contributed by atoms with Gasteiger partial charge in [-0.1, -0.05) is 36.0 Å². The fourth-order valence-corrected chi connectivity index (χ4v) is 4.70. The van der Waals surface area contributed by atoms with Crippen molar-refractivity contribution in [2.75, 3.05) is 23.9 Å². The zero-order valence-electron chi connectivity index (χ0n) is 17.3. The van der Waals surface area contributed by atoms with Gasteiger partial charge in [-0.05, 0) is 48.5 Å².